The highest BCUT2D eigenvalue weighted by Gasteiger charge is 2.37. The largest absolute Gasteiger partial charge is 0.357 e. The normalized spacial score (nSPS) is 21.1. The van der Waals surface area contributed by atoms with E-state index in [4.69, 9.17) is 0 Å². The molecule has 1 unspecified atom stereocenters. The molecule has 8 heteroatoms. The van der Waals surface area contributed by atoms with E-state index in [2.05, 4.69) is 42.6 Å². The smallest absolute Gasteiger partial charge is 0.254 e. The van der Waals surface area contributed by atoms with Crippen molar-refractivity contribution in [3.63, 3.8) is 0 Å². The van der Waals surface area contributed by atoms with Crippen LogP contribution in [0, 0.1) is 0 Å². The van der Waals surface area contributed by atoms with Crippen molar-refractivity contribution in [3.05, 3.63) is 35.4 Å². The topological polar surface area (TPSA) is 98.8 Å². The maximum atomic E-state index is 12.1. The second kappa shape index (κ2) is 7.18. The number of nitrogens with zero attached hydrogens (tertiary/aromatic N) is 4. The molecule has 0 bridgehead atoms. The molecule has 134 valence electrons. The molecule has 25 heavy (non-hydrogen) atoms. The van der Waals surface area contributed by atoms with Gasteiger partial charge in [-0.2, -0.15) is 5.10 Å². The van der Waals surface area contributed by atoms with E-state index in [1.807, 2.05) is 12.4 Å². The zero-order valence-corrected chi connectivity index (χ0v) is 15.0. The van der Waals surface area contributed by atoms with Crippen molar-refractivity contribution < 1.29 is 4.79 Å². The summed E-state index contributed by atoms with van der Waals surface area (Å²) >= 11 is 0. The van der Waals surface area contributed by atoms with Crippen LogP contribution >= 0.6 is 0 Å². The van der Waals surface area contributed by atoms with Crippen LogP contribution in [0.5, 0.6) is 0 Å². The summed E-state index contributed by atoms with van der Waals surface area (Å²) in [6.45, 7) is 4.86. The van der Waals surface area contributed by atoms with Crippen molar-refractivity contribution in [2.24, 2.45) is 0 Å². The van der Waals surface area contributed by atoms with E-state index in [1.165, 1.54) is 0 Å². The van der Waals surface area contributed by atoms with Gasteiger partial charge in [0.1, 0.15) is 0 Å². The summed E-state index contributed by atoms with van der Waals surface area (Å²) in [4.78, 5) is 23.0. The monoisotopic (exact) mass is 343 g/mol. The average Bonchev–Trinajstić information content (AvgIpc) is 3.12. The predicted molar refractivity (Wildman–Crippen MR) is 95.4 cm³/mol. The summed E-state index contributed by atoms with van der Waals surface area (Å²) < 4.78 is 0. The molecule has 8 nitrogen and oxygen atoms in total. The molecule has 0 saturated carbocycles. The van der Waals surface area contributed by atoms with Gasteiger partial charge in [0.2, 0.25) is 5.95 Å². The number of anilines is 1. The molecular weight excluding hydrogens is 318 g/mol. The molecule has 1 saturated heterocycles. The zero-order valence-electron chi connectivity index (χ0n) is 15.0. The Balaban J connectivity index is 1.75. The van der Waals surface area contributed by atoms with E-state index in [-0.39, 0.29) is 11.3 Å². The maximum Gasteiger partial charge on any atom is 0.254 e. The van der Waals surface area contributed by atoms with Gasteiger partial charge in [-0.15, -0.1) is 0 Å². The minimum Gasteiger partial charge on any atom is -0.357 e. The number of rotatable bonds is 5. The van der Waals surface area contributed by atoms with Gasteiger partial charge >= 0.3 is 0 Å². The van der Waals surface area contributed by atoms with Crippen LogP contribution < -0.4 is 10.6 Å². The van der Waals surface area contributed by atoms with Crippen LogP contribution in [-0.4, -0.2) is 58.2 Å². The number of carbonyl (C=O) groups excluding carboxylic acids is 1. The number of carbonyl (C=O) groups is 1. The first-order valence-corrected chi connectivity index (χ1v) is 8.52. The number of hydrogen-bond acceptors (Lipinski definition) is 6. The number of nitrogens with one attached hydrogen (secondary N) is 3. The van der Waals surface area contributed by atoms with E-state index < -0.39 is 0 Å². The Hall–Kier alpha value is -2.48. The molecule has 3 N–H and O–H groups in total. The highest BCUT2D eigenvalue weighted by Crippen LogP contribution is 2.34. The van der Waals surface area contributed by atoms with E-state index in [0.717, 1.165) is 43.7 Å². The predicted octanol–water partition coefficient (Wildman–Crippen LogP) is 1.15. The van der Waals surface area contributed by atoms with Gasteiger partial charge in [-0.3, -0.25) is 14.8 Å². The van der Waals surface area contributed by atoms with Crippen molar-refractivity contribution in [2.45, 2.75) is 31.7 Å². The van der Waals surface area contributed by atoms with Gasteiger partial charge in [-0.1, -0.05) is 6.92 Å². The van der Waals surface area contributed by atoms with Crippen molar-refractivity contribution in [1.82, 2.24) is 30.4 Å². The van der Waals surface area contributed by atoms with Crippen LogP contribution in [-0.2, 0) is 12.0 Å². The number of aromatic nitrogens is 4. The van der Waals surface area contributed by atoms with Gasteiger partial charge in [0.15, 0.2) is 0 Å². The molecule has 0 aromatic carbocycles. The summed E-state index contributed by atoms with van der Waals surface area (Å²) in [5, 5.41) is 12.8. The van der Waals surface area contributed by atoms with Crippen molar-refractivity contribution >= 4 is 11.9 Å². The molecule has 0 radical (unpaired) electrons. The Kier molecular flexibility index (Phi) is 4.98. The van der Waals surface area contributed by atoms with Crippen LogP contribution in [0.4, 0.5) is 5.95 Å². The minimum absolute atomic E-state index is 0.0989. The van der Waals surface area contributed by atoms with Gasteiger partial charge < -0.3 is 10.6 Å². The zero-order chi connectivity index (χ0) is 17.9. The Bertz CT molecular complexity index is 727. The number of amides is 1. The molecular formula is C17H25N7O. The molecule has 1 atom stereocenters. The fourth-order valence-corrected chi connectivity index (χ4v) is 3.56. The van der Waals surface area contributed by atoms with Crippen molar-refractivity contribution in [1.29, 1.82) is 0 Å². The summed E-state index contributed by atoms with van der Waals surface area (Å²) in [7, 11) is 3.45. The van der Waals surface area contributed by atoms with Crippen LogP contribution in [0.15, 0.2) is 18.6 Å². The maximum absolute atomic E-state index is 12.1. The van der Waals surface area contributed by atoms with Crippen LogP contribution in [0.25, 0.3) is 0 Å². The van der Waals surface area contributed by atoms with Gasteiger partial charge in [0.05, 0.1) is 17.5 Å². The number of piperidine rings is 1. The third-order valence-electron chi connectivity index (χ3n) is 4.83. The second-order valence-electron chi connectivity index (χ2n) is 6.78. The average molecular weight is 343 g/mol. The lowest BCUT2D eigenvalue weighted by Gasteiger charge is -2.40. The fraction of sp³-hybridized carbons (Fsp3) is 0.529. The number of H-pyrrole nitrogens is 1. The standard InChI is InChI=1S/C17H25N7O/c1-17(14-13(9-22-23-14)15(25)18-2)5-4-6-24(11-17)10-12-7-20-16(19-3)21-8-12/h7-9H,4-6,10-11H2,1-3H3,(H,18,25)(H,22,23)(H,19,20,21). The van der Waals surface area contributed by atoms with Gasteiger partial charge in [0.25, 0.3) is 5.91 Å². The third-order valence-corrected chi connectivity index (χ3v) is 4.83. The Labute approximate surface area is 147 Å². The first-order chi connectivity index (χ1) is 12.1. The summed E-state index contributed by atoms with van der Waals surface area (Å²) in [6.07, 6.45) is 7.42. The lowest BCUT2D eigenvalue weighted by atomic mass is 9.77. The second-order valence-corrected chi connectivity index (χ2v) is 6.78. The van der Waals surface area contributed by atoms with E-state index in [9.17, 15) is 4.79 Å². The fourth-order valence-electron chi connectivity index (χ4n) is 3.56. The highest BCUT2D eigenvalue weighted by molar-refractivity contribution is 5.95. The SMILES string of the molecule is CNC(=O)c1cn[nH]c1C1(C)CCCN(Cc2cnc(NC)nc2)C1. The van der Waals surface area contributed by atoms with Gasteiger partial charge in [-0.05, 0) is 19.4 Å². The van der Waals surface area contributed by atoms with E-state index >= 15 is 0 Å². The Morgan fingerprint density at radius 1 is 1.32 bits per heavy atom. The number of aromatic amines is 1. The number of likely N-dealkylation sites (tertiary alicyclic amines) is 1. The molecule has 2 aromatic heterocycles. The lowest BCUT2D eigenvalue weighted by Crippen LogP contribution is -2.45. The summed E-state index contributed by atoms with van der Waals surface area (Å²) in [5.41, 5.74) is 2.49. The molecule has 3 rings (SSSR count). The highest BCUT2D eigenvalue weighted by atomic mass is 16.1. The molecule has 1 amide bonds. The molecule has 1 fully saturated rings. The van der Waals surface area contributed by atoms with Crippen LogP contribution in [0.2, 0.25) is 0 Å². The van der Waals surface area contributed by atoms with E-state index in [0.29, 0.717) is 11.5 Å². The van der Waals surface area contributed by atoms with Gasteiger partial charge in [0, 0.05) is 50.6 Å². The third kappa shape index (κ3) is 3.63. The quantitative estimate of drug-likeness (QED) is 0.753. The molecule has 1 aliphatic rings. The molecule has 0 aliphatic carbocycles. The summed E-state index contributed by atoms with van der Waals surface area (Å²) in [6, 6.07) is 0. The van der Waals surface area contributed by atoms with Crippen molar-refractivity contribution in [2.75, 3.05) is 32.5 Å². The number of hydrogen-bond donors (Lipinski definition) is 3. The molecule has 2 aromatic rings. The van der Waals surface area contributed by atoms with Crippen LogP contribution in [0.3, 0.4) is 0 Å². The van der Waals surface area contributed by atoms with Crippen molar-refractivity contribution in [3.8, 4) is 0 Å². The molecule has 3 heterocycles. The first kappa shape index (κ1) is 17.3. The van der Waals surface area contributed by atoms with E-state index in [1.54, 1.807) is 20.3 Å². The van der Waals surface area contributed by atoms with Gasteiger partial charge in [-0.25, -0.2) is 9.97 Å². The first-order valence-electron chi connectivity index (χ1n) is 8.52. The molecule has 0 spiro atoms. The Morgan fingerprint density at radius 2 is 2.08 bits per heavy atom. The minimum atomic E-state index is -0.137. The van der Waals surface area contributed by atoms with Crippen LogP contribution in [0.1, 0.15) is 41.4 Å². The molecule has 1 aliphatic heterocycles. The summed E-state index contributed by atoms with van der Waals surface area (Å²) in [5.74, 6) is 0.526. The Morgan fingerprint density at radius 3 is 2.76 bits per heavy atom. The lowest BCUT2D eigenvalue weighted by molar-refractivity contribution is 0.0955.